The quantitative estimate of drug-likeness (QED) is 0.0976. The lowest BCUT2D eigenvalue weighted by Crippen LogP contribution is -2.59. The second-order valence-corrected chi connectivity index (χ2v) is 14.4. The molecule has 4 heterocycles. The molecule has 1 aliphatic carbocycles. The molecule has 1 amide bonds. The number of aliphatic carboxylic acids is 1. The van der Waals surface area contributed by atoms with E-state index in [1.54, 1.807) is 18.2 Å². The van der Waals surface area contributed by atoms with Crippen LogP contribution >= 0.6 is 0 Å². The number of amides is 1. The maximum Gasteiger partial charge on any atom is 0.328 e. The summed E-state index contributed by atoms with van der Waals surface area (Å²) >= 11 is 0. The Balaban J connectivity index is 0.914. The summed E-state index contributed by atoms with van der Waals surface area (Å²) in [6.07, 6.45) is 3.70. The van der Waals surface area contributed by atoms with Crippen LogP contribution in [0.25, 0.3) is 10.9 Å². The average molecular weight is 694 g/mol. The van der Waals surface area contributed by atoms with Crippen LogP contribution in [-0.4, -0.2) is 76.3 Å². The third-order valence-corrected chi connectivity index (χ3v) is 11.4. The first-order chi connectivity index (χ1) is 24.7. The van der Waals surface area contributed by atoms with Crippen molar-refractivity contribution in [2.45, 2.75) is 50.3 Å². The van der Waals surface area contributed by atoms with Crippen molar-refractivity contribution in [1.82, 2.24) is 25.8 Å². The minimum atomic E-state index is -1.19. The van der Waals surface area contributed by atoms with E-state index in [9.17, 15) is 29.7 Å². The second kappa shape index (κ2) is 15.0. The molecule has 268 valence electrons. The number of phenolic OH excluding ortho intramolecular Hbond substituents is 1. The number of benzene rings is 3. The van der Waals surface area contributed by atoms with Gasteiger partial charge in [-0.2, -0.15) is 0 Å². The van der Waals surface area contributed by atoms with Crippen LogP contribution in [0.2, 0.25) is 0 Å². The molecular weight excluding hydrogens is 646 g/mol. The lowest BCUT2D eigenvalue weighted by Gasteiger charge is -2.50. The normalized spacial score (nSPS) is 24.3. The van der Waals surface area contributed by atoms with Crippen LogP contribution in [0.5, 0.6) is 5.75 Å². The number of aliphatic hydroxyl groups excluding tert-OH is 1. The first-order valence-corrected chi connectivity index (χ1v) is 18.1. The predicted octanol–water partition coefficient (Wildman–Crippen LogP) is 3.65. The van der Waals surface area contributed by atoms with Crippen molar-refractivity contribution < 1.29 is 24.9 Å². The van der Waals surface area contributed by atoms with Crippen molar-refractivity contribution in [3.63, 3.8) is 0 Å². The number of fused-ring (bicyclic) bond motifs is 5. The van der Waals surface area contributed by atoms with Crippen LogP contribution in [-0.2, 0) is 23.3 Å². The highest BCUT2D eigenvalue weighted by molar-refractivity contribution is 5.94. The standard InChI is InChI=1S/C40H47N5O6/c46-34-12-10-29(30-11-13-36(48)44-37(30)34)35(47)23-41-16-3-4-17-42-38(49)28-8-5-6-25(20-28)22-43-40(39(50)51)32-9-2-1-7-27(32)21-33(40)31-24-45-18-14-26(31)15-19-45/h1-2,5-13,20,26,31,33,35,41,43,46-47H,3-4,14-19,21-24H2,(H,42,49)(H,44,48)(H,50,51)/t31?,33?,35?,40-/m0/s1. The van der Waals surface area contributed by atoms with E-state index in [2.05, 4.69) is 31.9 Å². The van der Waals surface area contributed by atoms with Gasteiger partial charge in [0, 0.05) is 49.1 Å². The average Bonchev–Trinajstić information content (AvgIpc) is 3.49. The van der Waals surface area contributed by atoms with Gasteiger partial charge in [-0.05, 0) is 110 Å². The number of phenols is 1. The number of nitrogens with zero attached hydrogens (tertiary/aromatic N) is 1. The Labute approximate surface area is 297 Å². The van der Waals surface area contributed by atoms with Crippen LogP contribution in [0.15, 0.2) is 77.6 Å². The number of carboxylic acid groups (broad SMARTS) is 1. The summed E-state index contributed by atoms with van der Waals surface area (Å²) in [6.45, 7) is 4.91. The van der Waals surface area contributed by atoms with Gasteiger partial charge in [0.2, 0.25) is 5.56 Å². The third-order valence-electron chi connectivity index (χ3n) is 11.4. The number of piperidine rings is 3. The fourth-order valence-electron chi connectivity index (χ4n) is 8.83. The van der Waals surface area contributed by atoms with Crippen molar-refractivity contribution in [3.05, 3.63) is 111 Å². The molecule has 0 saturated carbocycles. The molecule has 3 fully saturated rings. The molecule has 8 rings (SSSR count). The summed E-state index contributed by atoms with van der Waals surface area (Å²) in [5.41, 5.74) is 2.75. The van der Waals surface area contributed by atoms with E-state index >= 15 is 0 Å². The molecule has 3 saturated heterocycles. The van der Waals surface area contributed by atoms with E-state index in [-0.39, 0.29) is 23.1 Å². The van der Waals surface area contributed by atoms with Crippen LogP contribution in [0.1, 0.15) is 64.4 Å². The molecule has 11 heteroatoms. The fraction of sp³-hybridized carbons (Fsp3) is 0.425. The number of aromatic nitrogens is 1. The molecule has 1 aromatic heterocycles. The summed E-state index contributed by atoms with van der Waals surface area (Å²) in [6, 6.07) is 21.4. The van der Waals surface area contributed by atoms with Crippen molar-refractivity contribution >= 4 is 22.8 Å². The van der Waals surface area contributed by atoms with Gasteiger partial charge in [0.15, 0.2) is 0 Å². The van der Waals surface area contributed by atoms with E-state index in [0.717, 1.165) is 68.4 Å². The zero-order valence-electron chi connectivity index (χ0n) is 28.7. The number of aliphatic hydroxyl groups is 1. The first kappa shape index (κ1) is 34.9. The van der Waals surface area contributed by atoms with Gasteiger partial charge in [-0.15, -0.1) is 0 Å². The summed E-state index contributed by atoms with van der Waals surface area (Å²) in [5, 5.41) is 42.1. The summed E-state index contributed by atoms with van der Waals surface area (Å²) in [4.78, 5) is 43.2. The Morgan fingerprint density at radius 2 is 1.78 bits per heavy atom. The number of aromatic hydroxyl groups is 1. The summed E-state index contributed by atoms with van der Waals surface area (Å²) < 4.78 is 0. The van der Waals surface area contributed by atoms with Gasteiger partial charge in [-0.1, -0.05) is 42.5 Å². The van der Waals surface area contributed by atoms with Gasteiger partial charge in [-0.3, -0.25) is 14.9 Å². The lowest BCUT2D eigenvalue weighted by molar-refractivity contribution is -0.150. The van der Waals surface area contributed by atoms with E-state index in [1.165, 1.54) is 12.1 Å². The molecule has 2 bridgehead atoms. The number of carbonyl (C=O) groups is 2. The maximum atomic E-state index is 13.3. The Morgan fingerprint density at radius 1 is 0.980 bits per heavy atom. The highest BCUT2D eigenvalue weighted by Crippen LogP contribution is 2.50. The van der Waals surface area contributed by atoms with Gasteiger partial charge in [0.1, 0.15) is 11.3 Å². The molecule has 3 aromatic carbocycles. The molecule has 4 aliphatic rings. The van der Waals surface area contributed by atoms with Crippen molar-refractivity contribution in [2.75, 3.05) is 39.3 Å². The Bertz CT molecular complexity index is 1960. The van der Waals surface area contributed by atoms with E-state index < -0.39 is 17.6 Å². The number of hydrogen-bond donors (Lipinski definition) is 7. The van der Waals surface area contributed by atoms with Crippen LogP contribution < -0.4 is 21.5 Å². The molecule has 4 atom stereocenters. The minimum Gasteiger partial charge on any atom is -0.506 e. The topological polar surface area (TPSA) is 167 Å². The van der Waals surface area contributed by atoms with Gasteiger partial charge in [-0.25, -0.2) is 4.79 Å². The van der Waals surface area contributed by atoms with Crippen molar-refractivity contribution in [3.8, 4) is 5.75 Å². The number of carboxylic acids is 1. The zero-order valence-corrected chi connectivity index (χ0v) is 28.7. The summed E-state index contributed by atoms with van der Waals surface area (Å²) in [7, 11) is 0. The van der Waals surface area contributed by atoms with Crippen molar-refractivity contribution in [1.29, 1.82) is 0 Å². The highest BCUT2D eigenvalue weighted by Gasteiger charge is 2.57. The maximum absolute atomic E-state index is 13.3. The van der Waals surface area contributed by atoms with Crippen LogP contribution in [0, 0.1) is 17.8 Å². The molecular formula is C40H47N5O6. The first-order valence-electron chi connectivity index (χ1n) is 18.1. The van der Waals surface area contributed by atoms with E-state index in [1.807, 2.05) is 36.4 Å². The third kappa shape index (κ3) is 7.03. The van der Waals surface area contributed by atoms with E-state index in [4.69, 9.17) is 0 Å². The number of rotatable bonds is 14. The number of hydrogen-bond acceptors (Lipinski definition) is 8. The van der Waals surface area contributed by atoms with E-state index in [0.29, 0.717) is 60.0 Å². The largest absolute Gasteiger partial charge is 0.506 e. The van der Waals surface area contributed by atoms with Crippen LogP contribution in [0.4, 0.5) is 0 Å². The molecule has 7 N–H and O–H groups in total. The number of unbranched alkanes of at least 4 members (excludes halogenated alkanes) is 1. The zero-order chi connectivity index (χ0) is 35.5. The second-order valence-electron chi connectivity index (χ2n) is 14.4. The molecule has 4 aromatic rings. The minimum absolute atomic E-state index is 0.0492. The monoisotopic (exact) mass is 693 g/mol. The highest BCUT2D eigenvalue weighted by atomic mass is 16.4. The Hall–Kier alpha value is -4.55. The van der Waals surface area contributed by atoms with Crippen molar-refractivity contribution in [2.24, 2.45) is 17.8 Å². The molecule has 0 radical (unpaired) electrons. The number of aromatic amines is 1. The number of pyridine rings is 1. The smallest absolute Gasteiger partial charge is 0.328 e. The SMILES string of the molecule is O=C(NCCCCNCC(O)c1ccc(O)c2[nH]c(=O)ccc12)c1cccc(CN[C@@]2(C(=O)O)c3ccccc3CC2C2CN3CCC2CC3)c1. The van der Waals surface area contributed by atoms with Gasteiger partial charge in [0.05, 0.1) is 11.6 Å². The number of carbonyl (C=O) groups excluding carboxylic acids is 1. The summed E-state index contributed by atoms with van der Waals surface area (Å²) in [5.74, 6) is -0.256. The number of H-pyrrole nitrogens is 1. The Morgan fingerprint density at radius 3 is 2.57 bits per heavy atom. The molecule has 3 aliphatic heterocycles. The van der Waals surface area contributed by atoms with Gasteiger partial charge >= 0.3 is 5.97 Å². The van der Waals surface area contributed by atoms with Gasteiger partial charge < -0.3 is 35.8 Å². The Kier molecular flexibility index (Phi) is 10.2. The fourth-order valence-corrected chi connectivity index (χ4v) is 8.83. The molecule has 0 spiro atoms. The predicted molar refractivity (Wildman–Crippen MR) is 195 cm³/mol. The number of nitrogens with one attached hydrogen (secondary N) is 4. The molecule has 11 nitrogen and oxygen atoms in total. The van der Waals surface area contributed by atoms with Crippen LogP contribution in [0.3, 0.4) is 0 Å². The lowest BCUT2D eigenvalue weighted by atomic mass is 9.66. The molecule has 3 unspecified atom stereocenters. The van der Waals surface area contributed by atoms with Gasteiger partial charge in [0.25, 0.3) is 5.91 Å². The molecule has 51 heavy (non-hydrogen) atoms.